The highest BCUT2D eigenvalue weighted by atomic mass is 16.6. The number of carboxylic acids is 1. The van der Waals surface area contributed by atoms with Crippen molar-refractivity contribution in [2.75, 3.05) is 19.9 Å². The van der Waals surface area contributed by atoms with Crippen molar-refractivity contribution in [3.63, 3.8) is 0 Å². The standard InChI is InChI=1S/C14H23N2O4/c1-10(2)7-15-5-6-16(8-15,9-15)12(11(3)4)20-14(19)13(17)18/h5-6,10-12H,7-9H2,1-4H3/q+1/p+1. The van der Waals surface area contributed by atoms with Gasteiger partial charge in [0.1, 0.15) is 0 Å². The molecule has 3 aliphatic rings. The molecule has 3 rings (SSSR count). The predicted molar refractivity (Wildman–Crippen MR) is 71.5 cm³/mol. The van der Waals surface area contributed by atoms with Crippen molar-refractivity contribution in [1.82, 2.24) is 0 Å². The molecular formula is C14H24N2O4+2. The first-order chi connectivity index (χ1) is 9.20. The van der Waals surface area contributed by atoms with E-state index in [9.17, 15) is 9.59 Å². The molecule has 0 aromatic carbocycles. The number of rotatable bonds is 5. The number of esters is 1. The zero-order valence-corrected chi connectivity index (χ0v) is 12.6. The summed E-state index contributed by atoms with van der Waals surface area (Å²) in [5.41, 5.74) is 0. The average Bonchev–Trinajstić information content (AvgIpc) is 2.79. The van der Waals surface area contributed by atoms with Crippen LogP contribution in [-0.4, -0.2) is 52.1 Å². The molecule has 0 aromatic rings. The van der Waals surface area contributed by atoms with Crippen LogP contribution >= 0.6 is 0 Å². The molecule has 1 saturated heterocycles. The van der Waals surface area contributed by atoms with E-state index in [2.05, 4.69) is 26.2 Å². The monoisotopic (exact) mass is 284 g/mol. The number of nitrogens with zero attached hydrogens (tertiary/aromatic N) is 2. The first kappa shape index (κ1) is 15.0. The van der Waals surface area contributed by atoms with E-state index in [1.165, 1.54) is 0 Å². The van der Waals surface area contributed by atoms with E-state index in [1.54, 1.807) is 0 Å². The minimum atomic E-state index is -1.53. The first-order valence-corrected chi connectivity index (χ1v) is 7.06. The first-order valence-electron chi connectivity index (χ1n) is 7.06. The van der Waals surface area contributed by atoms with Gasteiger partial charge in [0.2, 0.25) is 13.3 Å². The zero-order valence-electron chi connectivity index (χ0n) is 12.6. The largest absolute Gasteiger partial charge is 0.473 e. The van der Waals surface area contributed by atoms with E-state index < -0.39 is 18.2 Å². The number of hydrogen-bond donors (Lipinski definition) is 1. The summed E-state index contributed by atoms with van der Waals surface area (Å²) in [6, 6.07) is 0. The third-order valence-corrected chi connectivity index (χ3v) is 3.98. The van der Waals surface area contributed by atoms with Crippen molar-refractivity contribution in [1.29, 1.82) is 0 Å². The summed E-state index contributed by atoms with van der Waals surface area (Å²) >= 11 is 0. The Labute approximate surface area is 119 Å². The van der Waals surface area contributed by atoms with Gasteiger partial charge in [-0.2, -0.15) is 8.97 Å². The van der Waals surface area contributed by atoms with Crippen LogP contribution in [0.4, 0.5) is 0 Å². The molecule has 3 aliphatic heterocycles. The number of carbonyl (C=O) groups is 2. The summed E-state index contributed by atoms with van der Waals surface area (Å²) in [5, 5.41) is 8.72. The second-order valence-corrected chi connectivity index (χ2v) is 6.82. The number of quaternary nitrogens is 2. The maximum absolute atomic E-state index is 11.4. The molecule has 20 heavy (non-hydrogen) atoms. The maximum Gasteiger partial charge on any atom is 0.421 e. The molecule has 0 aromatic heterocycles. The van der Waals surface area contributed by atoms with Crippen LogP contribution in [0.3, 0.4) is 0 Å². The topological polar surface area (TPSA) is 63.6 Å². The van der Waals surface area contributed by atoms with Crippen LogP contribution in [-0.2, 0) is 14.3 Å². The number of ether oxygens (including phenoxy) is 1. The molecule has 0 amide bonds. The van der Waals surface area contributed by atoms with Crippen molar-refractivity contribution in [2.45, 2.75) is 33.9 Å². The molecule has 1 N–H and O–H groups in total. The molecule has 3 heterocycles. The summed E-state index contributed by atoms with van der Waals surface area (Å²) in [4.78, 5) is 22.1. The molecule has 1 unspecified atom stereocenters. The Balaban J connectivity index is 2.09. The van der Waals surface area contributed by atoms with E-state index in [1.807, 2.05) is 13.8 Å². The fraction of sp³-hybridized carbons (Fsp3) is 0.714. The molecule has 0 spiro atoms. The van der Waals surface area contributed by atoms with Crippen molar-refractivity contribution in [2.24, 2.45) is 11.8 Å². The quantitative estimate of drug-likeness (QED) is 0.469. The molecule has 6 heteroatoms. The molecule has 2 bridgehead atoms. The summed E-state index contributed by atoms with van der Waals surface area (Å²) in [5.74, 6) is -2.02. The lowest BCUT2D eigenvalue weighted by Crippen LogP contribution is -2.75. The molecule has 6 nitrogen and oxygen atoms in total. The van der Waals surface area contributed by atoms with Gasteiger partial charge in [0, 0.05) is 11.8 Å². The van der Waals surface area contributed by atoms with Gasteiger partial charge < -0.3 is 9.84 Å². The van der Waals surface area contributed by atoms with Crippen LogP contribution in [0.25, 0.3) is 0 Å². The van der Waals surface area contributed by atoms with Crippen molar-refractivity contribution < 1.29 is 28.4 Å². The summed E-state index contributed by atoms with van der Waals surface area (Å²) in [6.45, 7) is 11.1. The zero-order chi connectivity index (χ0) is 15.1. The molecule has 1 atom stereocenters. The molecular weight excluding hydrogens is 260 g/mol. The van der Waals surface area contributed by atoms with Crippen molar-refractivity contribution in [3.05, 3.63) is 12.4 Å². The minimum Gasteiger partial charge on any atom is -0.473 e. The van der Waals surface area contributed by atoms with Crippen LogP contribution in [0.5, 0.6) is 0 Å². The normalized spacial score (nSPS) is 32.3. The molecule has 0 saturated carbocycles. The van der Waals surface area contributed by atoms with Crippen LogP contribution in [0, 0.1) is 11.8 Å². The number of hydrogen-bond acceptors (Lipinski definition) is 3. The molecule has 0 radical (unpaired) electrons. The third kappa shape index (κ3) is 2.45. The molecule has 112 valence electrons. The SMILES string of the molecule is CC(C)C[N+]12C=C[N+](C(OC(=O)C(=O)O)C(C)C)(C1)C2. The van der Waals surface area contributed by atoms with Crippen molar-refractivity contribution >= 4 is 11.9 Å². The van der Waals surface area contributed by atoms with Gasteiger partial charge in [-0.15, -0.1) is 0 Å². The van der Waals surface area contributed by atoms with Crippen LogP contribution < -0.4 is 0 Å². The van der Waals surface area contributed by atoms with Gasteiger partial charge in [-0.05, 0) is 0 Å². The lowest BCUT2D eigenvalue weighted by molar-refractivity contribution is -1.22. The second-order valence-electron chi connectivity index (χ2n) is 6.82. The highest BCUT2D eigenvalue weighted by Gasteiger charge is 2.65. The number of carboxylic acid groups (broad SMARTS) is 1. The van der Waals surface area contributed by atoms with Crippen molar-refractivity contribution in [3.8, 4) is 0 Å². The summed E-state index contributed by atoms with van der Waals surface area (Å²) in [6.07, 6.45) is 3.82. The van der Waals surface area contributed by atoms with Gasteiger partial charge in [-0.25, -0.2) is 9.59 Å². The molecule has 0 aliphatic carbocycles. The van der Waals surface area contributed by atoms with Crippen LogP contribution in [0.2, 0.25) is 0 Å². The predicted octanol–water partition coefficient (Wildman–Crippen LogP) is 1.30. The van der Waals surface area contributed by atoms with Gasteiger partial charge in [-0.3, -0.25) is 0 Å². The summed E-state index contributed by atoms with van der Waals surface area (Å²) in [7, 11) is 0. The van der Waals surface area contributed by atoms with E-state index >= 15 is 0 Å². The smallest absolute Gasteiger partial charge is 0.421 e. The average molecular weight is 284 g/mol. The maximum atomic E-state index is 11.4. The van der Waals surface area contributed by atoms with Crippen LogP contribution in [0.1, 0.15) is 27.7 Å². The van der Waals surface area contributed by atoms with E-state index in [0.717, 1.165) is 24.4 Å². The van der Waals surface area contributed by atoms with Gasteiger partial charge in [-0.1, -0.05) is 27.7 Å². The fourth-order valence-electron chi connectivity index (χ4n) is 3.61. The Morgan fingerprint density at radius 2 is 1.80 bits per heavy atom. The number of carbonyl (C=O) groups excluding carboxylic acids is 1. The lowest BCUT2D eigenvalue weighted by Gasteiger charge is -2.51. The Kier molecular flexibility index (Phi) is 3.64. The lowest BCUT2D eigenvalue weighted by atomic mass is 10.1. The van der Waals surface area contributed by atoms with Gasteiger partial charge >= 0.3 is 11.9 Å². The Morgan fingerprint density at radius 1 is 1.20 bits per heavy atom. The second kappa shape index (κ2) is 4.86. The minimum absolute atomic E-state index is 0.0716. The Bertz CT molecular complexity index is 450. The van der Waals surface area contributed by atoms with Gasteiger partial charge in [0.05, 0.1) is 6.54 Å². The number of aliphatic carboxylic acids is 1. The summed E-state index contributed by atoms with van der Waals surface area (Å²) < 4.78 is 6.69. The van der Waals surface area contributed by atoms with Gasteiger partial charge in [0.25, 0.3) is 6.23 Å². The van der Waals surface area contributed by atoms with E-state index in [0.29, 0.717) is 10.4 Å². The highest BCUT2D eigenvalue weighted by Crippen LogP contribution is 2.43. The van der Waals surface area contributed by atoms with Crippen LogP contribution in [0.15, 0.2) is 12.4 Å². The third-order valence-electron chi connectivity index (χ3n) is 3.98. The van der Waals surface area contributed by atoms with E-state index in [-0.39, 0.29) is 5.92 Å². The van der Waals surface area contributed by atoms with E-state index in [4.69, 9.17) is 9.84 Å². The Morgan fingerprint density at radius 3 is 2.25 bits per heavy atom. The fourth-order valence-corrected chi connectivity index (χ4v) is 3.61. The molecule has 1 fully saturated rings. The Hall–Kier alpha value is -1.40. The van der Waals surface area contributed by atoms with Gasteiger partial charge in [0.15, 0.2) is 12.4 Å². The highest BCUT2D eigenvalue weighted by molar-refractivity contribution is 6.28.